The molecule has 0 fully saturated rings. The van der Waals surface area contributed by atoms with Crippen LogP contribution in [0.15, 0.2) is 158 Å². The van der Waals surface area contributed by atoms with E-state index in [0.29, 0.717) is 7.35 Å². The van der Waals surface area contributed by atoms with Crippen molar-refractivity contribution in [1.29, 1.82) is 0 Å². The molecule has 0 nitrogen and oxygen atoms in total. The predicted molar refractivity (Wildman–Crippen MR) is 233 cm³/mol. The molecule has 2 atom stereocenters. The van der Waals surface area contributed by atoms with Crippen LogP contribution in [-0.4, -0.2) is 8.07 Å². The summed E-state index contributed by atoms with van der Waals surface area (Å²) in [5, 5.41) is 14.5. The molecule has 0 N–H and O–H groups in total. The van der Waals surface area contributed by atoms with E-state index in [-0.39, 0.29) is 0 Å². The minimum absolute atomic E-state index is 0.442. The van der Waals surface area contributed by atoms with Crippen LogP contribution < -0.4 is 0 Å². The van der Waals surface area contributed by atoms with Gasteiger partial charge in [0.1, 0.15) is 0 Å². The molecule has 0 spiro atoms. The Labute approximate surface area is 324 Å². The third kappa shape index (κ3) is 4.22. The van der Waals surface area contributed by atoms with Gasteiger partial charge in [0.05, 0.1) is 0 Å². The summed E-state index contributed by atoms with van der Waals surface area (Å²) < 4.78 is 6.55. The Morgan fingerprint density at radius 2 is 0.778 bits per heavy atom. The van der Waals surface area contributed by atoms with Gasteiger partial charge in [-0.15, -0.1) is 0 Å². The molecule has 4 bridgehead atoms. The number of allylic oxidation sites excluding steroid dienone is 2. The molecular formula is C52H44HfSi. The van der Waals surface area contributed by atoms with Crippen LogP contribution in [0.5, 0.6) is 0 Å². The minimum atomic E-state index is -3.64. The predicted octanol–water partition coefficient (Wildman–Crippen LogP) is 14.8. The number of fused-ring (bicyclic) bond motifs is 14. The molecule has 2 heteroatoms. The summed E-state index contributed by atoms with van der Waals surface area (Å²) in [7, 11) is -2.46. The summed E-state index contributed by atoms with van der Waals surface area (Å²) in [6.07, 6.45) is 0. The molecule has 8 aromatic carbocycles. The Kier molecular flexibility index (Phi) is 7.24. The first-order valence-corrected chi connectivity index (χ1v) is 33.7. The van der Waals surface area contributed by atoms with Crippen LogP contribution >= 0.6 is 0 Å². The summed E-state index contributed by atoms with van der Waals surface area (Å²) in [5.41, 5.74) is 12.8. The standard InChI is InChI=1S/C50H38Si.2CH3.Hf/c1-3-51(4-2,49-41-23-11-7-17-37(41)31-45(49)43-25-13-19-35-29-27-33-15-5-9-21-39(33)47(35)43)50-42-24-12-8-18-38(42)32-46(50)44-26-14-20-36-30-28-34-16-6-10-22-40(34)48(36)44;;;/h5-32H,3-4H2,1-2H3;2*1H3;. The van der Waals surface area contributed by atoms with Crippen LogP contribution in [0.1, 0.15) is 54.6 Å². The molecule has 0 radical (unpaired) electrons. The monoisotopic (exact) mass is 876 g/mol. The van der Waals surface area contributed by atoms with Gasteiger partial charge in [0.15, 0.2) is 0 Å². The molecule has 1 aliphatic heterocycles. The van der Waals surface area contributed by atoms with Gasteiger partial charge in [-0.3, -0.25) is 0 Å². The van der Waals surface area contributed by atoms with E-state index in [9.17, 15) is 0 Å². The van der Waals surface area contributed by atoms with Gasteiger partial charge in [0.2, 0.25) is 0 Å². The van der Waals surface area contributed by atoms with E-state index < -0.39 is 28.0 Å². The van der Waals surface area contributed by atoms with E-state index in [0.717, 1.165) is 0 Å². The number of benzene rings is 8. The van der Waals surface area contributed by atoms with Gasteiger partial charge < -0.3 is 0 Å². The molecule has 8 aromatic rings. The molecule has 54 heavy (non-hydrogen) atoms. The molecule has 260 valence electrons. The van der Waals surface area contributed by atoms with Crippen LogP contribution in [0.2, 0.25) is 21.4 Å². The second-order valence-corrected chi connectivity index (χ2v) is 38.4. The molecule has 2 unspecified atom stereocenters. The molecule has 11 rings (SSSR count). The van der Waals surface area contributed by atoms with Crippen LogP contribution in [0.4, 0.5) is 0 Å². The van der Waals surface area contributed by atoms with Crippen molar-refractivity contribution in [3.05, 3.63) is 191 Å². The van der Waals surface area contributed by atoms with E-state index in [1.54, 1.807) is 43.8 Å². The van der Waals surface area contributed by atoms with Crippen molar-refractivity contribution in [3.63, 3.8) is 0 Å². The third-order valence-electron chi connectivity index (χ3n) is 14.0. The summed E-state index contributed by atoms with van der Waals surface area (Å²) in [6.45, 7) is 5.09. The fraction of sp³-hybridized carbons (Fsp3) is 0.154. The van der Waals surface area contributed by atoms with Gasteiger partial charge in [-0.1, -0.05) is 0 Å². The summed E-state index contributed by atoms with van der Waals surface area (Å²) in [5.74, 6) is 0. The molecule has 1 heterocycles. The molecule has 0 saturated carbocycles. The maximum atomic E-state index is 2.83. The molecular weight excluding hydrogens is 831 g/mol. The molecule has 0 amide bonds. The van der Waals surface area contributed by atoms with Crippen molar-refractivity contribution >= 4 is 72.7 Å². The fourth-order valence-electron chi connectivity index (χ4n) is 11.8. The first-order chi connectivity index (χ1) is 26.5. The Hall–Kier alpha value is -4.63. The molecule has 2 aliphatic carbocycles. The Bertz CT molecular complexity index is 2760. The topological polar surface area (TPSA) is 0 Å². The van der Waals surface area contributed by atoms with E-state index in [1.807, 2.05) is 0 Å². The van der Waals surface area contributed by atoms with Gasteiger partial charge in [-0.2, -0.15) is 0 Å². The van der Waals surface area contributed by atoms with E-state index in [4.69, 9.17) is 0 Å². The third-order valence-corrected chi connectivity index (χ3v) is 34.4. The molecule has 3 aliphatic rings. The molecule has 0 saturated heterocycles. The van der Waals surface area contributed by atoms with E-state index >= 15 is 0 Å². The second-order valence-electron chi connectivity index (χ2n) is 16.6. The van der Waals surface area contributed by atoms with E-state index in [2.05, 4.69) is 181 Å². The number of hydrogen-bond donors (Lipinski definition) is 0. The van der Waals surface area contributed by atoms with E-state index in [1.165, 1.54) is 66.3 Å². The Morgan fingerprint density at radius 3 is 1.24 bits per heavy atom. The zero-order valence-corrected chi connectivity index (χ0v) is 36.2. The van der Waals surface area contributed by atoms with Crippen molar-refractivity contribution in [1.82, 2.24) is 0 Å². The SMILES string of the molecule is CC[Si]1(CC)C2=C(c3cccc4ccc5ccccc5c34)[CH](c3ccccc32)[Hf]([CH3])([CH3])[CH]2C(c3cccc4ccc5ccccc5c34)=C1c1ccccc12. The Balaban J connectivity index is 1.36. The normalized spacial score (nSPS) is 19.4. The quantitative estimate of drug-likeness (QED) is 0.122. The van der Waals surface area contributed by atoms with Crippen molar-refractivity contribution in [2.45, 2.75) is 42.6 Å². The van der Waals surface area contributed by atoms with Crippen molar-refractivity contribution in [2.24, 2.45) is 0 Å². The van der Waals surface area contributed by atoms with Crippen molar-refractivity contribution in [3.8, 4) is 0 Å². The van der Waals surface area contributed by atoms with Gasteiger partial charge in [0, 0.05) is 0 Å². The van der Waals surface area contributed by atoms with Gasteiger partial charge >= 0.3 is 326 Å². The van der Waals surface area contributed by atoms with Crippen LogP contribution in [0, 0.1) is 0 Å². The Morgan fingerprint density at radius 1 is 0.407 bits per heavy atom. The summed E-state index contributed by atoms with van der Waals surface area (Å²) >= 11 is -3.64. The molecule has 0 aromatic heterocycles. The van der Waals surface area contributed by atoms with Gasteiger partial charge in [-0.25, -0.2) is 0 Å². The zero-order valence-electron chi connectivity index (χ0n) is 31.6. The second kappa shape index (κ2) is 11.9. The zero-order chi connectivity index (χ0) is 36.3. The average molecular weight is 875 g/mol. The summed E-state index contributed by atoms with van der Waals surface area (Å²) in [6, 6.07) is 63.9. The first-order valence-electron chi connectivity index (χ1n) is 20.0. The van der Waals surface area contributed by atoms with Gasteiger partial charge in [0.25, 0.3) is 0 Å². The summed E-state index contributed by atoms with van der Waals surface area (Å²) in [4.78, 5) is 0. The van der Waals surface area contributed by atoms with Crippen LogP contribution in [0.25, 0.3) is 64.6 Å². The van der Waals surface area contributed by atoms with Crippen LogP contribution in [-0.2, 0) is 20.0 Å². The fourth-order valence-corrected chi connectivity index (χ4v) is 34.4. The first kappa shape index (κ1) is 32.8. The maximum absolute atomic E-state index is 3.64. The van der Waals surface area contributed by atoms with Gasteiger partial charge in [-0.05, 0) is 0 Å². The average Bonchev–Trinajstić information content (AvgIpc) is 3.77. The number of rotatable bonds is 4. The number of hydrogen-bond acceptors (Lipinski definition) is 0. The van der Waals surface area contributed by atoms with Crippen molar-refractivity contribution in [2.75, 3.05) is 0 Å². The van der Waals surface area contributed by atoms with Crippen molar-refractivity contribution < 1.29 is 20.0 Å². The van der Waals surface area contributed by atoms with Crippen LogP contribution in [0.3, 0.4) is 0 Å².